The number of benzene rings is 1. The third kappa shape index (κ3) is 5.41. The van der Waals surface area contributed by atoms with Gasteiger partial charge in [0.05, 0.1) is 30.2 Å². The topological polar surface area (TPSA) is 77.5 Å². The number of hydrogen-bond donors (Lipinski definition) is 1. The maximum Gasteiger partial charge on any atom is 0.208 e. The van der Waals surface area contributed by atoms with Gasteiger partial charge in [0, 0.05) is 30.3 Å². The minimum Gasteiger partial charge on any atom is -0.493 e. The van der Waals surface area contributed by atoms with Crippen molar-refractivity contribution in [3.05, 3.63) is 47.6 Å². The van der Waals surface area contributed by atoms with Crippen molar-refractivity contribution in [2.24, 2.45) is 5.92 Å². The molecule has 1 N–H and O–H groups in total. The van der Waals surface area contributed by atoms with E-state index in [0.29, 0.717) is 37.0 Å². The highest BCUT2D eigenvalue weighted by Gasteiger charge is 2.28. The van der Waals surface area contributed by atoms with E-state index in [4.69, 9.17) is 21.1 Å². The fourth-order valence-corrected chi connectivity index (χ4v) is 3.84. The Morgan fingerprint density at radius 2 is 2.04 bits per heavy atom. The van der Waals surface area contributed by atoms with Gasteiger partial charge in [0.25, 0.3) is 0 Å². The Kier molecular flexibility index (Phi) is 6.13. The van der Waals surface area contributed by atoms with Gasteiger partial charge in [-0.15, -0.1) is 0 Å². The zero-order valence-electron chi connectivity index (χ0n) is 14.4. The van der Waals surface area contributed by atoms with Crippen LogP contribution in [0, 0.1) is 5.92 Å². The number of pyridine rings is 1. The highest BCUT2D eigenvalue weighted by Crippen LogP contribution is 2.23. The van der Waals surface area contributed by atoms with Crippen LogP contribution in [0.3, 0.4) is 0 Å². The van der Waals surface area contributed by atoms with E-state index in [1.54, 1.807) is 12.3 Å². The second-order valence-electron chi connectivity index (χ2n) is 6.32. The van der Waals surface area contributed by atoms with E-state index in [-0.39, 0.29) is 12.0 Å². The SMILES string of the molecule is CS(=O)(=O)NC1CCOCC1COc1ccc(-c2ccc(Cl)cn2)cc1. The smallest absolute Gasteiger partial charge is 0.208 e. The molecule has 0 saturated carbocycles. The zero-order valence-corrected chi connectivity index (χ0v) is 16.0. The first-order valence-electron chi connectivity index (χ1n) is 8.30. The summed E-state index contributed by atoms with van der Waals surface area (Å²) in [5.74, 6) is 0.683. The van der Waals surface area contributed by atoms with Crippen LogP contribution in [0.25, 0.3) is 11.3 Å². The van der Waals surface area contributed by atoms with Gasteiger partial charge in [0.2, 0.25) is 10.0 Å². The maximum atomic E-state index is 11.5. The fourth-order valence-electron chi connectivity index (χ4n) is 2.86. The molecule has 1 aliphatic heterocycles. The Hall–Kier alpha value is -1.67. The number of rotatable bonds is 6. The molecule has 26 heavy (non-hydrogen) atoms. The molecule has 2 aromatic rings. The highest BCUT2D eigenvalue weighted by molar-refractivity contribution is 7.88. The Morgan fingerprint density at radius 3 is 2.69 bits per heavy atom. The van der Waals surface area contributed by atoms with Crippen LogP contribution in [0.15, 0.2) is 42.6 Å². The van der Waals surface area contributed by atoms with Gasteiger partial charge < -0.3 is 9.47 Å². The number of sulfonamides is 1. The van der Waals surface area contributed by atoms with Crippen molar-refractivity contribution in [1.82, 2.24) is 9.71 Å². The summed E-state index contributed by atoms with van der Waals surface area (Å²) in [6.07, 6.45) is 3.42. The van der Waals surface area contributed by atoms with Crippen molar-refractivity contribution >= 4 is 21.6 Å². The van der Waals surface area contributed by atoms with Gasteiger partial charge in [-0.25, -0.2) is 13.1 Å². The average molecular weight is 397 g/mol. The predicted molar refractivity (Wildman–Crippen MR) is 101 cm³/mol. The number of hydrogen-bond acceptors (Lipinski definition) is 5. The molecule has 1 aromatic heterocycles. The summed E-state index contributed by atoms with van der Waals surface area (Å²) in [7, 11) is -3.26. The zero-order chi connectivity index (χ0) is 18.6. The Labute approximate surface area is 158 Å². The van der Waals surface area contributed by atoms with E-state index >= 15 is 0 Å². The van der Waals surface area contributed by atoms with Crippen LogP contribution in [0.5, 0.6) is 5.75 Å². The lowest BCUT2D eigenvalue weighted by Gasteiger charge is -2.31. The molecule has 1 saturated heterocycles. The number of nitrogens with zero attached hydrogens (tertiary/aromatic N) is 1. The molecule has 0 aliphatic carbocycles. The molecule has 1 aliphatic rings. The number of aromatic nitrogens is 1. The number of nitrogens with one attached hydrogen (secondary N) is 1. The summed E-state index contributed by atoms with van der Waals surface area (Å²) in [4.78, 5) is 4.29. The van der Waals surface area contributed by atoms with Gasteiger partial charge in [-0.2, -0.15) is 0 Å². The van der Waals surface area contributed by atoms with Crippen LogP contribution < -0.4 is 9.46 Å². The van der Waals surface area contributed by atoms with Gasteiger partial charge in [0.15, 0.2) is 0 Å². The molecule has 1 aromatic carbocycles. The van der Waals surface area contributed by atoms with Crippen LogP contribution in [-0.4, -0.2) is 45.5 Å². The minimum atomic E-state index is -3.26. The van der Waals surface area contributed by atoms with E-state index in [9.17, 15) is 8.42 Å². The second-order valence-corrected chi connectivity index (χ2v) is 8.53. The molecule has 2 unspecified atom stereocenters. The first kappa shape index (κ1) is 19.1. The fraction of sp³-hybridized carbons (Fsp3) is 0.389. The molecule has 0 radical (unpaired) electrons. The molecular weight excluding hydrogens is 376 g/mol. The lowest BCUT2D eigenvalue weighted by Crippen LogP contribution is -2.47. The van der Waals surface area contributed by atoms with Gasteiger partial charge in [0.1, 0.15) is 5.75 Å². The quantitative estimate of drug-likeness (QED) is 0.812. The molecule has 0 bridgehead atoms. The Morgan fingerprint density at radius 1 is 1.27 bits per heavy atom. The van der Waals surface area contributed by atoms with Crippen molar-refractivity contribution < 1.29 is 17.9 Å². The molecule has 8 heteroatoms. The third-order valence-corrected chi connectivity index (χ3v) is 5.14. The molecule has 2 heterocycles. The second kappa shape index (κ2) is 8.35. The summed E-state index contributed by atoms with van der Waals surface area (Å²) in [5.41, 5.74) is 1.80. The lowest BCUT2D eigenvalue weighted by atomic mass is 9.98. The summed E-state index contributed by atoms with van der Waals surface area (Å²) in [6.45, 7) is 1.40. The Bertz CT molecular complexity index is 825. The summed E-state index contributed by atoms with van der Waals surface area (Å²) < 4.78 is 37.0. The van der Waals surface area contributed by atoms with Crippen molar-refractivity contribution in [3.63, 3.8) is 0 Å². The summed E-state index contributed by atoms with van der Waals surface area (Å²) in [6, 6.07) is 11.1. The predicted octanol–water partition coefficient (Wildman–Crippen LogP) is 2.74. The van der Waals surface area contributed by atoms with E-state index in [1.165, 1.54) is 6.26 Å². The Balaban J connectivity index is 1.61. The summed E-state index contributed by atoms with van der Waals surface area (Å²) in [5, 5.41) is 0.598. The first-order valence-corrected chi connectivity index (χ1v) is 10.6. The maximum absolute atomic E-state index is 11.5. The normalized spacial score (nSPS) is 20.7. The van der Waals surface area contributed by atoms with E-state index in [1.807, 2.05) is 30.3 Å². The van der Waals surface area contributed by atoms with E-state index < -0.39 is 10.0 Å². The minimum absolute atomic E-state index is 0.0314. The number of ether oxygens (including phenoxy) is 2. The van der Waals surface area contributed by atoms with Crippen molar-refractivity contribution in [2.75, 3.05) is 26.1 Å². The van der Waals surface area contributed by atoms with Crippen LogP contribution in [0.4, 0.5) is 0 Å². The van der Waals surface area contributed by atoms with Crippen LogP contribution >= 0.6 is 11.6 Å². The van der Waals surface area contributed by atoms with Crippen LogP contribution in [0.2, 0.25) is 5.02 Å². The monoisotopic (exact) mass is 396 g/mol. The molecular formula is C18H21ClN2O4S. The molecule has 2 atom stereocenters. The van der Waals surface area contributed by atoms with Crippen molar-refractivity contribution in [1.29, 1.82) is 0 Å². The van der Waals surface area contributed by atoms with E-state index in [2.05, 4.69) is 9.71 Å². The van der Waals surface area contributed by atoms with Crippen molar-refractivity contribution in [2.45, 2.75) is 12.5 Å². The standard InChI is InChI=1S/C18H21ClN2O4S/c1-26(22,23)21-18-8-9-24-11-14(18)12-25-16-5-2-13(3-6-16)17-7-4-15(19)10-20-17/h2-7,10,14,18,21H,8-9,11-12H2,1H3. The molecule has 1 fully saturated rings. The average Bonchev–Trinajstić information content (AvgIpc) is 2.61. The van der Waals surface area contributed by atoms with Gasteiger partial charge >= 0.3 is 0 Å². The molecule has 140 valence electrons. The van der Waals surface area contributed by atoms with E-state index in [0.717, 1.165) is 11.3 Å². The molecule has 0 spiro atoms. The van der Waals surface area contributed by atoms with Gasteiger partial charge in [-0.3, -0.25) is 4.98 Å². The number of halogens is 1. The van der Waals surface area contributed by atoms with Crippen LogP contribution in [0.1, 0.15) is 6.42 Å². The third-order valence-electron chi connectivity index (χ3n) is 4.18. The molecule has 3 rings (SSSR count). The first-order chi connectivity index (χ1) is 12.4. The molecule has 6 nitrogen and oxygen atoms in total. The van der Waals surface area contributed by atoms with Crippen molar-refractivity contribution in [3.8, 4) is 17.0 Å². The van der Waals surface area contributed by atoms with Crippen LogP contribution in [-0.2, 0) is 14.8 Å². The van der Waals surface area contributed by atoms with Gasteiger partial charge in [-0.1, -0.05) is 11.6 Å². The highest BCUT2D eigenvalue weighted by atomic mass is 35.5. The molecule has 0 amide bonds. The van der Waals surface area contributed by atoms with Gasteiger partial charge in [-0.05, 0) is 42.8 Å². The summed E-state index contributed by atoms with van der Waals surface area (Å²) >= 11 is 5.86. The largest absolute Gasteiger partial charge is 0.493 e. The lowest BCUT2D eigenvalue weighted by molar-refractivity contribution is 0.0187.